The van der Waals surface area contributed by atoms with Crippen LogP contribution in [0.2, 0.25) is 5.02 Å². The van der Waals surface area contributed by atoms with Crippen LogP contribution in [0.15, 0.2) is 65.5 Å². The Kier molecular flexibility index (Phi) is 7.53. The highest BCUT2D eigenvalue weighted by Crippen LogP contribution is 2.40. The number of aliphatic carboxylic acids is 1. The predicted octanol–water partition coefficient (Wildman–Crippen LogP) is 5.08. The predicted molar refractivity (Wildman–Crippen MR) is 152 cm³/mol. The molecule has 10 heteroatoms. The Balaban J connectivity index is 0.000000723. The second-order valence-corrected chi connectivity index (χ2v) is 9.42. The number of aryl methyl sites for hydroxylation is 1. The SMILES string of the molecule is CC(=O)O.NCCCn1c(-c2ccc(Cl)cc2)c(-c2nc3cc4c(cc3[nH]c2=O)OCCO4)c2ccccc21. The van der Waals surface area contributed by atoms with Gasteiger partial charge in [-0.1, -0.05) is 41.9 Å². The summed E-state index contributed by atoms with van der Waals surface area (Å²) in [7, 11) is 0. The zero-order chi connectivity index (χ0) is 27.5. The molecule has 0 spiro atoms. The van der Waals surface area contributed by atoms with E-state index in [4.69, 9.17) is 41.7 Å². The topological polar surface area (TPSA) is 132 Å². The first-order valence-electron chi connectivity index (χ1n) is 12.5. The monoisotopic (exact) mass is 546 g/mol. The van der Waals surface area contributed by atoms with Gasteiger partial charge in [-0.3, -0.25) is 9.59 Å². The number of fused-ring (bicyclic) bond motifs is 3. The molecule has 0 fully saturated rings. The number of nitrogens with one attached hydrogen (secondary N) is 1. The van der Waals surface area contributed by atoms with Gasteiger partial charge in [0, 0.05) is 47.1 Å². The lowest BCUT2D eigenvalue weighted by molar-refractivity contribution is -0.134. The number of carbonyl (C=O) groups is 1. The third-order valence-corrected chi connectivity index (χ3v) is 6.52. The number of rotatable bonds is 5. The highest BCUT2D eigenvalue weighted by atomic mass is 35.5. The van der Waals surface area contributed by atoms with E-state index in [1.54, 1.807) is 6.07 Å². The van der Waals surface area contributed by atoms with Crippen LogP contribution in [-0.4, -0.2) is 45.4 Å². The molecule has 5 aromatic rings. The van der Waals surface area contributed by atoms with Crippen LogP contribution in [0.5, 0.6) is 11.5 Å². The summed E-state index contributed by atoms with van der Waals surface area (Å²) in [5, 5.41) is 9.01. The fourth-order valence-electron chi connectivity index (χ4n) is 4.73. The minimum absolute atomic E-state index is 0.272. The number of aromatic amines is 1. The van der Waals surface area contributed by atoms with Gasteiger partial charge in [-0.15, -0.1) is 0 Å². The number of aromatic nitrogens is 3. The Morgan fingerprint density at radius 2 is 1.77 bits per heavy atom. The summed E-state index contributed by atoms with van der Waals surface area (Å²) in [6.07, 6.45) is 0.795. The average Bonchev–Trinajstić information content (AvgIpc) is 3.24. The van der Waals surface area contributed by atoms with Gasteiger partial charge in [0.15, 0.2) is 11.5 Å². The summed E-state index contributed by atoms with van der Waals surface area (Å²) in [5.41, 5.74) is 10.8. The maximum atomic E-state index is 13.5. The molecule has 200 valence electrons. The van der Waals surface area contributed by atoms with E-state index in [0.717, 1.165) is 41.1 Å². The second-order valence-electron chi connectivity index (χ2n) is 8.99. The maximum Gasteiger partial charge on any atom is 0.300 e. The number of H-pyrrole nitrogens is 1. The van der Waals surface area contributed by atoms with E-state index in [9.17, 15) is 4.79 Å². The molecule has 1 aliphatic rings. The molecular weight excluding hydrogens is 520 g/mol. The van der Waals surface area contributed by atoms with Gasteiger partial charge in [-0.05, 0) is 36.7 Å². The molecular formula is C29H27ClN4O5. The summed E-state index contributed by atoms with van der Waals surface area (Å²) in [6, 6.07) is 19.3. The fourth-order valence-corrected chi connectivity index (χ4v) is 4.85. The number of carboxylic acids is 1. The lowest BCUT2D eigenvalue weighted by Gasteiger charge is -2.18. The molecule has 0 unspecified atom stereocenters. The molecule has 0 amide bonds. The molecule has 39 heavy (non-hydrogen) atoms. The van der Waals surface area contributed by atoms with Crippen molar-refractivity contribution >= 4 is 39.5 Å². The first kappa shape index (κ1) is 26.3. The van der Waals surface area contributed by atoms with Crippen molar-refractivity contribution in [3.05, 3.63) is 76.0 Å². The van der Waals surface area contributed by atoms with Gasteiger partial charge < -0.3 is 29.9 Å². The molecule has 0 aliphatic carbocycles. The summed E-state index contributed by atoms with van der Waals surface area (Å²) in [5.74, 6) is 0.395. The van der Waals surface area contributed by atoms with Crippen LogP contribution in [0.3, 0.4) is 0 Å². The van der Waals surface area contributed by atoms with Crippen LogP contribution in [0.25, 0.3) is 44.5 Å². The van der Waals surface area contributed by atoms with E-state index in [1.165, 1.54) is 0 Å². The van der Waals surface area contributed by atoms with E-state index in [0.29, 0.717) is 59.6 Å². The lowest BCUT2D eigenvalue weighted by atomic mass is 10.0. The molecule has 1 aliphatic heterocycles. The Hall–Kier alpha value is -4.34. The summed E-state index contributed by atoms with van der Waals surface area (Å²) in [4.78, 5) is 30.3. The molecule has 9 nitrogen and oxygen atoms in total. The standard InChI is InChI=1S/C27H23ClN4O3.C2H4O2/c28-17-8-6-16(7-9-17)26-24(18-4-1-2-5-21(18)32(26)11-3-10-29)25-27(33)31-20-15-23-22(14-19(20)30-25)34-12-13-35-23;1-2(3)4/h1-2,4-9,14-15H,3,10-13,29H2,(H,31,33);1H3,(H,3,4). The molecule has 4 N–H and O–H groups in total. The van der Waals surface area contributed by atoms with Crippen LogP contribution in [-0.2, 0) is 11.3 Å². The van der Waals surface area contributed by atoms with Gasteiger partial charge in [-0.2, -0.15) is 0 Å². The maximum absolute atomic E-state index is 13.5. The smallest absolute Gasteiger partial charge is 0.300 e. The van der Waals surface area contributed by atoms with Crippen molar-refractivity contribution in [3.8, 4) is 34.0 Å². The molecule has 2 aromatic heterocycles. The normalized spacial score (nSPS) is 12.3. The van der Waals surface area contributed by atoms with Crippen molar-refractivity contribution in [2.45, 2.75) is 19.9 Å². The zero-order valence-corrected chi connectivity index (χ0v) is 22.0. The Bertz CT molecular complexity index is 1720. The number of hydrogen-bond donors (Lipinski definition) is 3. The van der Waals surface area contributed by atoms with Crippen LogP contribution < -0.4 is 20.8 Å². The van der Waals surface area contributed by atoms with E-state index >= 15 is 0 Å². The molecule has 0 bridgehead atoms. The minimum Gasteiger partial charge on any atom is -0.486 e. The third kappa shape index (κ3) is 5.32. The van der Waals surface area contributed by atoms with E-state index in [2.05, 4.69) is 15.6 Å². The highest BCUT2D eigenvalue weighted by molar-refractivity contribution is 6.30. The zero-order valence-electron chi connectivity index (χ0n) is 21.2. The number of nitrogens with zero attached hydrogens (tertiary/aromatic N) is 2. The molecule has 0 radical (unpaired) electrons. The van der Waals surface area contributed by atoms with Crippen LogP contribution >= 0.6 is 11.6 Å². The van der Waals surface area contributed by atoms with Crippen molar-refractivity contribution in [1.29, 1.82) is 0 Å². The summed E-state index contributed by atoms with van der Waals surface area (Å²) < 4.78 is 13.6. The van der Waals surface area contributed by atoms with E-state index in [1.807, 2.05) is 48.5 Å². The van der Waals surface area contributed by atoms with Crippen molar-refractivity contribution in [3.63, 3.8) is 0 Å². The van der Waals surface area contributed by atoms with E-state index in [-0.39, 0.29) is 5.56 Å². The number of para-hydroxylation sites is 1. The lowest BCUT2D eigenvalue weighted by Crippen LogP contribution is -2.16. The number of benzene rings is 3. The Labute approximate surface area is 228 Å². The second kappa shape index (κ2) is 11.2. The number of hydrogen-bond acceptors (Lipinski definition) is 6. The quantitative estimate of drug-likeness (QED) is 0.280. The average molecular weight is 547 g/mol. The molecule has 3 heterocycles. The highest BCUT2D eigenvalue weighted by Gasteiger charge is 2.24. The van der Waals surface area contributed by atoms with Crippen LogP contribution in [0.4, 0.5) is 0 Å². The number of halogens is 1. The number of nitrogens with two attached hydrogens (primary N) is 1. The first-order valence-corrected chi connectivity index (χ1v) is 12.9. The van der Waals surface area contributed by atoms with E-state index < -0.39 is 5.97 Å². The van der Waals surface area contributed by atoms with Crippen molar-refractivity contribution in [2.24, 2.45) is 5.73 Å². The van der Waals surface area contributed by atoms with Gasteiger partial charge >= 0.3 is 0 Å². The van der Waals surface area contributed by atoms with Crippen LogP contribution in [0, 0.1) is 0 Å². The van der Waals surface area contributed by atoms with Crippen molar-refractivity contribution < 1.29 is 19.4 Å². The van der Waals surface area contributed by atoms with Gasteiger partial charge in [0.1, 0.15) is 18.9 Å². The van der Waals surface area contributed by atoms with Gasteiger partial charge in [0.25, 0.3) is 11.5 Å². The van der Waals surface area contributed by atoms with Gasteiger partial charge in [0.2, 0.25) is 0 Å². The third-order valence-electron chi connectivity index (χ3n) is 6.27. The molecule has 0 atom stereocenters. The fraction of sp³-hybridized carbons (Fsp3) is 0.207. The Morgan fingerprint density at radius 1 is 1.10 bits per heavy atom. The largest absolute Gasteiger partial charge is 0.486 e. The number of ether oxygens (including phenoxy) is 2. The van der Waals surface area contributed by atoms with Crippen molar-refractivity contribution in [2.75, 3.05) is 19.8 Å². The molecule has 0 saturated heterocycles. The minimum atomic E-state index is -0.833. The Morgan fingerprint density at radius 3 is 2.46 bits per heavy atom. The molecule has 3 aromatic carbocycles. The number of carboxylic acid groups (broad SMARTS) is 1. The van der Waals surface area contributed by atoms with Crippen LogP contribution in [0.1, 0.15) is 13.3 Å². The van der Waals surface area contributed by atoms with Gasteiger partial charge in [-0.25, -0.2) is 4.98 Å². The summed E-state index contributed by atoms with van der Waals surface area (Å²) >= 11 is 6.19. The first-order chi connectivity index (χ1) is 18.9. The van der Waals surface area contributed by atoms with Crippen molar-refractivity contribution in [1.82, 2.24) is 14.5 Å². The molecule has 0 saturated carbocycles. The summed E-state index contributed by atoms with van der Waals surface area (Å²) in [6.45, 7) is 3.30. The molecule has 6 rings (SSSR count). The van der Waals surface area contributed by atoms with Gasteiger partial charge in [0.05, 0.1) is 16.7 Å².